The number of carbonyl (C=O) groups excluding carboxylic acids is 14. The van der Waals surface area contributed by atoms with E-state index in [2.05, 4.69) is 81.7 Å². The molecule has 0 radical (unpaired) electrons. The number of rotatable bonds is 47. The topological polar surface area (TPSA) is 444 Å². The Morgan fingerprint density at radius 2 is 0.644 bits per heavy atom. The molecule has 0 fully saturated rings. The van der Waals surface area contributed by atoms with Gasteiger partial charge < -0.3 is 89.5 Å². The van der Waals surface area contributed by atoms with Gasteiger partial charge in [0.1, 0.15) is 109 Å². The predicted molar refractivity (Wildman–Crippen MR) is 560 cm³/mol. The minimum absolute atomic E-state index is 0. The number of hydrogen-bond acceptors (Lipinski definition) is 26. The van der Waals surface area contributed by atoms with Crippen LogP contribution in [0, 0.1) is 16.2 Å². The molecule has 790 valence electrons. The summed E-state index contributed by atoms with van der Waals surface area (Å²) in [5.74, 6) is -7.35. The number of carbonyl (C=O) groups is 14. The zero-order chi connectivity index (χ0) is 108. The van der Waals surface area contributed by atoms with Crippen molar-refractivity contribution in [1.82, 2.24) is 31.9 Å². The number of benzene rings is 8. The Labute approximate surface area is 873 Å². The molecule has 8 rings (SSSR count). The average Bonchev–Trinajstić information content (AvgIpc) is 0.761. The quantitative estimate of drug-likeness (QED) is 0.00438. The van der Waals surface area contributed by atoms with Crippen LogP contribution in [0.1, 0.15) is 201 Å². The lowest BCUT2D eigenvalue weighted by atomic mass is 9.57. The molecule has 0 heterocycles. The number of aliphatic hydroxyl groups excluding tert-OH is 2. The molecule has 8 aromatic carbocycles. The highest BCUT2D eigenvalue weighted by Crippen LogP contribution is 2.54. The minimum Gasteiger partial charge on any atom is -0.463 e. The van der Waals surface area contributed by atoms with Crippen LogP contribution in [-0.4, -0.2) is 192 Å². The smallest absolute Gasteiger partial charge is 0.408 e. The summed E-state index contributed by atoms with van der Waals surface area (Å²) in [4.78, 5) is 181. The maximum atomic E-state index is 14.2. The van der Waals surface area contributed by atoms with Gasteiger partial charge in [-0.3, -0.25) is 47.9 Å². The van der Waals surface area contributed by atoms with Crippen LogP contribution >= 0.6 is 31.9 Å². The Morgan fingerprint density at radius 1 is 0.349 bits per heavy atom. The van der Waals surface area contributed by atoms with Crippen molar-refractivity contribution in [2.75, 3.05) is 65.9 Å². The first kappa shape index (κ1) is 125. The van der Waals surface area contributed by atoms with Gasteiger partial charge in [0.05, 0.1) is 24.0 Å². The number of nitrogens with one attached hydrogen (secondary N) is 6. The number of hydrogen-bond donors (Lipinski definition) is 8. The standard InChI is InChI=1S/C57H72BrN3O13.C40H41N3O8.C8H14O2.C6H11BrO3.CH4/c1-52(2,3)74-50(68)56(9,58)39-54(6,7)55(8,38-53(4,5)48(66)71-33-32-62)49(67)72-35-34-70-46(64)36-59-47(65)44(60-51(69)73-37-40-22-14-10-15-23-40)30-31-45(63)61-57(41-24-16-11-17-25-41,42-26-18-12-19-27-42)43-28-20-13-21-29-43;1-29(2)38(47)50-26-25-49-36(45)27-41-37(46)34(42-39(48)51-28-30-15-7-3-8-16-30)23-24-35(44)43-40(31-17-9-4-10-18-31,32-19-11-5-12-20-32)33-21-13-6-14-22-33;1-6(2)7(9)10-8(3,4)5;1-6(2,7)5(9)10-4-3-8;/h10-29,44,62H,30-39H2,1-9H3,(H,59,65)(H,60,69)(H,61,63);3-22,34H,1,23-28H2,2H3,(H,41,46)(H,42,48)(H,43,44);1H2,2-5H3;8H,3-4H2,1-2H3;1H4/t44-,55?,56?;34-;;;/m00.../s1. The van der Waals surface area contributed by atoms with E-state index in [4.69, 9.17) is 47.7 Å². The highest BCUT2D eigenvalue weighted by Gasteiger charge is 2.56. The molecule has 34 heteroatoms. The van der Waals surface area contributed by atoms with Crippen LogP contribution in [0.5, 0.6) is 0 Å². The molecule has 0 bridgehead atoms. The minimum atomic E-state index is -1.48. The zero-order valence-electron chi connectivity index (χ0n) is 85.3. The molecule has 0 aliphatic rings. The molecule has 0 saturated carbocycles. The highest BCUT2D eigenvalue weighted by atomic mass is 79.9. The SMILES string of the molecule is C.C=C(C)C(=O)OC(C)(C)C.C=C(C)C(=O)OCCOC(=O)CNC(=O)[C@H](CCC(=O)NC(c1ccccc1)(c1ccccc1)c1ccccc1)NC(=O)OCc1ccccc1.CC(C)(Br)C(=O)OCCO.CC(C)(C)OC(=O)C(C)(Br)CC(C)(C)C(C)(CC(C)(C)C(=O)OCCO)C(=O)OCCOC(=O)CNC(=O)[C@H](CCC(=O)NC(c1ccccc1)(c1ccccc1)c1ccccc1)NC(=O)OCc1ccccc1. The summed E-state index contributed by atoms with van der Waals surface area (Å²) in [6.07, 6.45) is -2.61. The van der Waals surface area contributed by atoms with E-state index in [9.17, 15) is 72.2 Å². The second kappa shape index (κ2) is 60.3. The van der Waals surface area contributed by atoms with E-state index in [1.165, 1.54) is 6.92 Å². The van der Waals surface area contributed by atoms with Gasteiger partial charge in [0.25, 0.3) is 0 Å². The monoisotopic (exact) mass is 2140 g/mol. The summed E-state index contributed by atoms with van der Waals surface area (Å²) in [7, 11) is 0. The Hall–Kier alpha value is -13.7. The van der Waals surface area contributed by atoms with E-state index < -0.39 is 164 Å². The first-order valence-corrected chi connectivity index (χ1v) is 48.7. The van der Waals surface area contributed by atoms with Crippen LogP contribution in [0.15, 0.2) is 267 Å². The normalized spacial score (nSPS) is 12.5. The molecule has 32 nitrogen and oxygen atoms in total. The van der Waals surface area contributed by atoms with Crippen LogP contribution < -0.4 is 31.9 Å². The number of alkyl carbamates (subject to hydrolysis) is 2. The van der Waals surface area contributed by atoms with Crippen LogP contribution in [0.25, 0.3) is 0 Å². The summed E-state index contributed by atoms with van der Waals surface area (Å²) >= 11 is 6.65. The fourth-order valence-corrected chi connectivity index (χ4v) is 15.5. The Morgan fingerprint density at radius 3 is 0.938 bits per heavy atom. The molecule has 0 spiro atoms. The first-order valence-electron chi connectivity index (χ1n) is 47.1. The molecule has 8 aromatic rings. The Balaban J connectivity index is 0.000000528. The summed E-state index contributed by atoms with van der Waals surface area (Å²) in [5.41, 5.74) is -0.346. The predicted octanol–water partition coefficient (Wildman–Crippen LogP) is 16.4. The van der Waals surface area contributed by atoms with Gasteiger partial charge in [0.15, 0.2) is 0 Å². The maximum Gasteiger partial charge on any atom is 0.408 e. The molecule has 8 N–H and O–H groups in total. The second-order valence-corrected chi connectivity index (χ2v) is 41.7. The third kappa shape index (κ3) is 42.2. The number of alkyl halides is 2. The first-order chi connectivity index (χ1) is 68.3. The van der Waals surface area contributed by atoms with E-state index in [1.54, 1.807) is 132 Å². The van der Waals surface area contributed by atoms with Crippen molar-refractivity contribution in [3.63, 3.8) is 0 Å². The third-order valence-electron chi connectivity index (χ3n) is 22.0. The summed E-state index contributed by atoms with van der Waals surface area (Å²) < 4.78 is 50.3. The van der Waals surface area contributed by atoms with E-state index in [1.807, 2.05) is 215 Å². The summed E-state index contributed by atoms with van der Waals surface area (Å²) in [5, 5.41) is 34.1. The third-order valence-corrected chi connectivity index (χ3v) is 22.9. The second-order valence-electron chi connectivity index (χ2n) is 37.9. The number of esters is 8. The fraction of sp³-hybridized carbons (Fsp3) is 0.411. The molecule has 0 saturated heterocycles. The van der Waals surface area contributed by atoms with Gasteiger partial charge in [-0.1, -0.05) is 309 Å². The molecule has 0 aliphatic heterocycles. The van der Waals surface area contributed by atoms with Crippen LogP contribution in [0.2, 0.25) is 0 Å². The van der Waals surface area contributed by atoms with Gasteiger partial charge in [0, 0.05) is 24.0 Å². The van der Waals surface area contributed by atoms with Crippen molar-refractivity contribution in [3.8, 4) is 0 Å². The van der Waals surface area contributed by atoms with Gasteiger partial charge in [-0.2, -0.15) is 0 Å². The zero-order valence-corrected chi connectivity index (χ0v) is 88.5. The van der Waals surface area contributed by atoms with Gasteiger partial charge in [-0.25, -0.2) is 19.2 Å². The Bertz CT molecular complexity index is 5340. The molecule has 0 aromatic heterocycles. The lowest BCUT2D eigenvalue weighted by molar-refractivity contribution is -0.175. The van der Waals surface area contributed by atoms with E-state index >= 15 is 0 Å². The fourth-order valence-electron chi connectivity index (χ4n) is 14.6. The maximum absolute atomic E-state index is 14.2. The largest absolute Gasteiger partial charge is 0.463 e. The van der Waals surface area contributed by atoms with E-state index in [-0.39, 0.29) is 110 Å². The molecule has 4 atom stereocenters. The molecule has 2 unspecified atom stereocenters. The van der Waals surface area contributed by atoms with Crippen molar-refractivity contribution in [1.29, 1.82) is 0 Å². The molecular formula is C112H142Br2N6O26. The lowest BCUT2D eigenvalue weighted by Crippen LogP contribution is -2.51. The summed E-state index contributed by atoms with van der Waals surface area (Å²) in [6.45, 7) is 30.8. The molecule has 146 heavy (non-hydrogen) atoms. The number of aliphatic hydroxyl groups is 2. The Kier molecular flexibility index (Phi) is 51.4. The van der Waals surface area contributed by atoms with E-state index in [0.29, 0.717) is 11.1 Å². The van der Waals surface area contributed by atoms with Crippen molar-refractivity contribution in [2.24, 2.45) is 16.2 Å². The molecular weight excluding hydrogens is 2010 g/mol. The van der Waals surface area contributed by atoms with Crippen molar-refractivity contribution >= 4 is 115 Å². The van der Waals surface area contributed by atoms with Crippen molar-refractivity contribution < 1.29 is 125 Å². The van der Waals surface area contributed by atoms with Crippen molar-refractivity contribution in [2.45, 2.75) is 213 Å². The van der Waals surface area contributed by atoms with Crippen molar-refractivity contribution in [3.05, 3.63) is 311 Å². The van der Waals surface area contributed by atoms with Crippen LogP contribution in [-0.2, 0) is 129 Å². The lowest BCUT2D eigenvalue weighted by Gasteiger charge is -2.47. The van der Waals surface area contributed by atoms with E-state index in [0.717, 1.165) is 38.9 Å². The van der Waals surface area contributed by atoms with Gasteiger partial charge in [0.2, 0.25) is 23.6 Å². The number of ether oxygens (including phenoxy) is 10. The number of halogens is 2. The van der Waals surface area contributed by atoms with Crippen LogP contribution in [0.3, 0.4) is 0 Å². The summed E-state index contributed by atoms with van der Waals surface area (Å²) in [6, 6.07) is 72.4. The van der Waals surface area contributed by atoms with Gasteiger partial charge in [-0.05, 0) is 173 Å². The van der Waals surface area contributed by atoms with Gasteiger partial charge >= 0.3 is 59.9 Å². The average molecular weight is 2150 g/mol. The molecule has 0 aliphatic carbocycles. The van der Waals surface area contributed by atoms with Gasteiger partial charge in [-0.15, -0.1) is 0 Å². The van der Waals surface area contributed by atoms with Crippen LogP contribution in [0.4, 0.5) is 9.59 Å². The molecule has 6 amide bonds. The highest BCUT2D eigenvalue weighted by molar-refractivity contribution is 9.10. The number of amides is 6.